The van der Waals surface area contributed by atoms with Gasteiger partial charge in [-0.1, -0.05) is 12.1 Å². The molecular formula is C13H17N3O3S. The quantitative estimate of drug-likeness (QED) is 0.764. The van der Waals surface area contributed by atoms with Crippen molar-refractivity contribution in [1.82, 2.24) is 10.2 Å². The van der Waals surface area contributed by atoms with E-state index in [4.69, 9.17) is 4.74 Å². The summed E-state index contributed by atoms with van der Waals surface area (Å²) in [7, 11) is -1.77. The van der Waals surface area contributed by atoms with Crippen molar-refractivity contribution in [2.45, 2.75) is 6.42 Å². The van der Waals surface area contributed by atoms with E-state index in [0.717, 1.165) is 11.3 Å². The standard InChI is InChI=1S/C13H17N3O3S/c1-19-9-2-10-20(17,18)16-12-5-3-11(4-6-12)13-7-8-14-15-13/h3-8,16H,2,9-10H2,1H3,(H,14,15). The fourth-order valence-electron chi connectivity index (χ4n) is 1.76. The van der Waals surface area contributed by atoms with Crippen molar-refractivity contribution >= 4 is 15.7 Å². The van der Waals surface area contributed by atoms with Crippen LogP contribution in [-0.2, 0) is 14.8 Å². The van der Waals surface area contributed by atoms with Gasteiger partial charge in [0.2, 0.25) is 10.0 Å². The summed E-state index contributed by atoms with van der Waals surface area (Å²) in [4.78, 5) is 0. The molecule has 1 heterocycles. The Kier molecular flexibility index (Phi) is 4.75. The molecule has 0 spiro atoms. The minimum Gasteiger partial charge on any atom is -0.385 e. The molecule has 0 aliphatic heterocycles. The molecule has 0 aliphatic rings. The molecular weight excluding hydrogens is 278 g/mol. The van der Waals surface area contributed by atoms with Crippen LogP contribution >= 0.6 is 0 Å². The zero-order chi connectivity index (χ0) is 14.4. The molecule has 0 radical (unpaired) electrons. The summed E-state index contributed by atoms with van der Waals surface area (Å²) in [6, 6.07) is 8.97. The topological polar surface area (TPSA) is 84.1 Å². The summed E-state index contributed by atoms with van der Waals surface area (Å²) >= 11 is 0. The van der Waals surface area contributed by atoms with Crippen LogP contribution in [0.3, 0.4) is 0 Å². The van der Waals surface area contributed by atoms with Gasteiger partial charge in [-0.25, -0.2) is 8.42 Å². The van der Waals surface area contributed by atoms with E-state index >= 15 is 0 Å². The molecule has 0 aliphatic carbocycles. The highest BCUT2D eigenvalue weighted by atomic mass is 32.2. The van der Waals surface area contributed by atoms with Gasteiger partial charge in [0.1, 0.15) is 0 Å². The van der Waals surface area contributed by atoms with E-state index in [2.05, 4.69) is 14.9 Å². The Morgan fingerprint density at radius 2 is 2.00 bits per heavy atom. The Morgan fingerprint density at radius 3 is 2.60 bits per heavy atom. The van der Waals surface area contributed by atoms with Crippen molar-refractivity contribution in [1.29, 1.82) is 0 Å². The average molecular weight is 295 g/mol. The van der Waals surface area contributed by atoms with Gasteiger partial charge in [0.05, 0.1) is 11.4 Å². The van der Waals surface area contributed by atoms with Gasteiger partial charge < -0.3 is 4.74 Å². The lowest BCUT2D eigenvalue weighted by molar-refractivity contribution is 0.199. The van der Waals surface area contributed by atoms with E-state index in [9.17, 15) is 8.42 Å². The molecule has 2 rings (SSSR count). The van der Waals surface area contributed by atoms with E-state index in [0.29, 0.717) is 18.7 Å². The number of nitrogens with zero attached hydrogens (tertiary/aromatic N) is 1. The van der Waals surface area contributed by atoms with Crippen molar-refractivity contribution < 1.29 is 13.2 Å². The molecule has 0 amide bonds. The number of ether oxygens (including phenoxy) is 1. The molecule has 0 unspecified atom stereocenters. The number of nitrogens with one attached hydrogen (secondary N) is 2. The lowest BCUT2D eigenvalue weighted by atomic mass is 10.1. The van der Waals surface area contributed by atoms with Crippen molar-refractivity contribution in [3.05, 3.63) is 36.5 Å². The number of sulfonamides is 1. The Labute approximate surface area is 118 Å². The van der Waals surface area contributed by atoms with E-state index in [1.54, 1.807) is 25.4 Å². The second-order valence-electron chi connectivity index (χ2n) is 4.31. The number of anilines is 1. The second kappa shape index (κ2) is 6.53. The summed E-state index contributed by atoms with van der Waals surface area (Å²) in [6.07, 6.45) is 2.14. The van der Waals surface area contributed by atoms with Gasteiger partial charge in [0.15, 0.2) is 0 Å². The summed E-state index contributed by atoms with van der Waals surface area (Å²) in [5, 5.41) is 6.73. The summed E-state index contributed by atoms with van der Waals surface area (Å²) in [5.41, 5.74) is 2.38. The second-order valence-corrected chi connectivity index (χ2v) is 6.16. The summed E-state index contributed by atoms with van der Waals surface area (Å²) in [6.45, 7) is 0.430. The Hall–Kier alpha value is -1.86. The third-order valence-corrected chi connectivity index (χ3v) is 4.10. The van der Waals surface area contributed by atoms with Crippen molar-refractivity contribution in [2.75, 3.05) is 24.2 Å². The Morgan fingerprint density at radius 1 is 1.25 bits per heavy atom. The SMILES string of the molecule is COCCCS(=O)(=O)Nc1ccc(-c2ccn[nH]2)cc1. The molecule has 1 aromatic heterocycles. The van der Waals surface area contributed by atoms with Crippen LogP contribution in [0.5, 0.6) is 0 Å². The van der Waals surface area contributed by atoms with Crippen molar-refractivity contribution in [3.63, 3.8) is 0 Å². The third-order valence-electron chi connectivity index (χ3n) is 2.73. The number of H-pyrrole nitrogens is 1. The van der Waals surface area contributed by atoms with E-state index < -0.39 is 10.0 Å². The number of methoxy groups -OCH3 is 1. The maximum atomic E-state index is 11.8. The van der Waals surface area contributed by atoms with Gasteiger partial charge in [-0.3, -0.25) is 9.82 Å². The molecule has 0 saturated heterocycles. The Balaban J connectivity index is 2.00. The number of hydrogen-bond donors (Lipinski definition) is 2. The fourth-order valence-corrected chi connectivity index (χ4v) is 2.85. The van der Waals surface area contributed by atoms with E-state index in [1.165, 1.54) is 0 Å². The van der Waals surface area contributed by atoms with Crippen LogP contribution < -0.4 is 4.72 Å². The number of hydrogen-bond acceptors (Lipinski definition) is 4. The van der Waals surface area contributed by atoms with Crippen LogP contribution in [0.15, 0.2) is 36.5 Å². The van der Waals surface area contributed by atoms with Gasteiger partial charge in [0, 0.05) is 25.6 Å². The highest BCUT2D eigenvalue weighted by Gasteiger charge is 2.10. The molecule has 6 nitrogen and oxygen atoms in total. The van der Waals surface area contributed by atoms with Crippen LogP contribution in [0.4, 0.5) is 5.69 Å². The van der Waals surface area contributed by atoms with Gasteiger partial charge in [-0.15, -0.1) is 0 Å². The lowest BCUT2D eigenvalue weighted by Gasteiger charge is -2.08. The van der Waals surface area contributed by atoms with Crippen LogP contribution in [0.1, 0.15) is 6.42 Å². The molecule has 2 N–H and O–H groups in total. The van der Waals surface area contributed by atoms with Crippen LogP contribution in [0, 0.1) is 0 Å². The molecule has 0 fully saturated rings. The fraction of sp³-hybridized carbons (Fsp3) is 0.308. The van der Waals surface area contributed by atoms with E-state index in [-0.39, 0.29) is 5.75 Å². The molecule has 2 aromatic rings. The molecule has 20 heavy (non-hydrogen) atoms. The van der Waals surface area contributed by atoms with Gasteiger partial charge in [0.25, 0.3) is 0 Å². The third kappa shape index (κ3) is 4.07. The lowest BCUT2D eigenvalue weighted by Crippen LogP contribution is -2.17. The maximum Gasteiger partial charge on any atom is 0.232 e. The number of rotatable bonds is 7. The van der Waals surface area contributed by atoms with Gasteiger partial charge >= 0.3 is 0 Å². The molecule has 0 saturated carbocycles. The molecule has 1 aromatic carbocycles. The summed E-state index contributed by atoms with van der Waals surface area (Å²) < 4.78 is 31.0. The number of benzene rings is 1. The minimum absolute atomic E-state index is 0.0448. The first-order valence-corrected chi connectivity index (χ1v) is 7.85. The summed E-state index contributed by atoms with van der Waals surface area (Å²) in [5.74, 6) is 0.0448. The first kappa shape index (κ1) is 14.5. The van der Waals surface area contributed by atoms with Gasteiger partial charge in [-0.05, 0) is 30.2 Å². The average Bonchev–Trinajstić information content (AvgIpc) is 2.93. The van der Waals surface area contributed by atoms with Crippen molar-refractivity contribution in [2.24, 2.45) is 0 Å². The highest BCUT2D eigenvalue weighted by Crippen LogP contribution is 2.19. The molecule has 108 valence electrons. The van der Waals surface area contributed by atoms with Crippen molar-refractivity contribution in [3.8, 4) is 11.3 Å². The maximum absolute atomic E-state index is 11.8. The number of aromatic nitrogens is 2. The predicted molar refractivity (Wildman–Crippen MR) is 77.9 cm³/mol. The molecule has 0 bridgehead atoms. The zero-order valence-corrected chi connectivity index (χ0v) is 12.0. The minimum atomic E-state index is -3.32. The largest absolute Gasteiger partial charge is 0.385 e. The smallest absolute Gasteiger partial charge is 0.232 e. The first-order chi connectivity index (χ1) is 9.61. The van der Waals surface area contributed by atoms with Crippen LogP contribution in [-0.4, -0.2) is 38.1 Å². The number of aromatic amines is 1. The van der Waals surface area contributed by atoms with Crippen LogP contribution in [0.2, 0.25) is 0 Å². The van der Waals surface area contributed by atoms with Crippen LogP contribution in [0.25, 0.3) is 11.3 Å². The van der Waals surface area contributed by atoms with Gasteiger partial charge in [-0.2, -0.15) is 5.10 Å². The molecule has 0 atom stereocenters. The van der Waals surface area contributed by atoms with E-state index in [1.807, 2.05) is 18.2 Å². The molecule has 7 heteroatoms. The first-order valence-electron chi connectivity index (χ1n) is 6.20. The zero-order valence-electron chi connectivity index (χ0n) is 11.2. The highest BCUT2D eigenvalue weighted by molar-refractivity contribution is 7.92. The normalized spacial score (nSPS) is 11.4. The predicted octanol–water partition coefficient (Wildman–Crippen LogP) is 1.85. The Bertz CT molecular complexity index is 621. The monoisotopic (exact) mass is 295 g/mol.